The van der Waals surface area contributed by atoms with Gasteiger partial charge < -0.3 is 10.5 Å². The second-order valence-electron chi connectivity index (χ2n) is 5.44. The van der Waals surface area contributed by atoms with Crippen molar-refractivity contribution in [2.45, 2.75) is 56.8 Å². The van der Waals surface area contributed by atoms with Gasteiger partial charge in [0, 0.05) is 24.6 Å². The Morgan fingerprint density at radius 3 is 2.87 bits per heavy atom. The Morgan fingerprint density at radius 2 is 2.13 bits per heavy atom. The van der Waals surface area contributed by atoms with E-state index >= 15 is 0 Å². The van der Waals surface area contributed by atoms with E-state index in [0.29, 0.717) is 30.1 Å². The molecule has 2 heterocycles. The summed E-state index contributed by atoms with van der Waals surface area (Å²) in [5.41, 5.74) is 6.30. The second kappa shape index (κ2) is 3.72. The molecule has 2 N–H and O–H groups in total. The first-order chi connectivity index (χ1) is 7.29. The summed E-state index contributed by atoms with van der Waals surface area (Å²) in [5.74, 6) is 0.650. The van der Waals surface area contributed by atoms with E-state index in [1.54, 1.807) is 0 Å². The first-order valence-electron chi connectivity index (χ1n) is 6.42. The van der Waals surface area contributed by atoms with Crippen molar-refractivity contribution in [3.05, 3.63) is 0 Å². The summed E-state index contributed by atoms with van der Waals surface area (Å²) in [7, 11) is 0. The zero-order valence-corrected chi connectivity index (χ0v) is 9.56. The summed E-state index contributed by atoms with van der Waals surface area (Å²) in [6.45, 7) is 4.51. The predicted octanol–water partition coefficient (Wildman–Crippen LogP) is 0.975. The lowest BCUT2D eigenvalue weighted by atomic mass is 9.68. The van der Waals surface area contributed by atoms with Crippen LogP contribution in [0.2, 0.25) is 0 Å². The zero-order chi connectivity index (χ0) is 10.4. The number of ether oxygens (including phenoxy) is 1. The summed E-state index contributed by atoms with van der Waals surface area (Å²) in [5, 5.41) is 0. The first kappa shape index (κ1) is 10.1. The Bertz CT molecular complexity index is 246. The maximum absolute atomic E-state index is 6.30. The summed E-state index contributed by atoms with van der Waals surface area (Å²) in [4.78, 5) is 2.59. The molecule has 0 aromatic carbocycles. The number of rotatable bonds is 1. The Balaban J connectivity index is 1.71. The molecule has 3 nitrogen and oxygen atoms in total. The molecule has 3 aliphatic rings. The van der Waals surface area contributed by atoms with Gasteiger partial charge >= 0.3 is 0 Å². The van der Waals surface area contributed by atoms with E-state index < -0.39 is 0 Å². The van der Waals surface area contributed by atoms with Crippen LogP contribution in [0, 0.1) is 5.92 Å². The van der Waals surface area contributed by atoms with Crippen LogP contribution in [0.3, 0.4) is 0 Å². The van der Waals surface area contributed by atoms with Crippen LogP contribution in [-0.2, 0) is 4.74 Å². The van der Waals surface area contributed by atoms with Crippen molar-refractivity contribution in [3.8, 4) is 0 Å². The minimum atomic E-state index is 0.371. The quantitative estimate of drug-likeness (QED) is 0.701. The largest absolute Gasteiger partial charge is 0.376 e. The van der Waals surface area contributed by atoms with Crippen molar-refractivity contribution in [2.75, 3.05) is 13.2 Å². The highest BCUT2D eigenvalue weighted by Crippen LogP contribution is 2.41. The number of likely N-dealkylation sites (tertiary alicyclic amines) is 1. The Morgan fingerprint density at radius 1 is 1.27 bits per heavy atom. The molecule has 2 aliphatic heterocycles. The molecule has 0 spiro atoms. The average molecular weight is 210 g/mol. The fourth-order valence-electron chi connectivity index (χ4n) is 3.72. The van der Waals surface area contributed by atoms with E-state index in [2.05, 4.69) is 11.8 Å². The van der Waals surface area contributed by atoms with Crippen LogP contribution in [0.1, 0.15) is 32.6 Å². The highest BCUT2D eigenvalue weighted by molar-refractivity contribution is 5.09. The van der Waals surface area contributed by atoms with E-state index in [4.69, 9.17) is 10.5 Å². The summed E-state index contributed by atoms with van der Waals surface area (Å²) in [6, 6.07) is 1.61. The Hall–Kier alpha value is -0.120. The van der Waals surface area contributed by atoms with E-state index in [-0.39, 0.29) is 0 Å². The van der Waals surface area contributed by atoms with Gasteiger partial charge in [-0.1, -0.05) is 0 Å². The van der Waals surface area contributed by atoms with Crippen LogP contribution in [0.5, 0.6) is 0 Å². The van der Waals surface area contributed by atoms with Gasteiger partial charge in [-0.3, -0.25) is 4.90 Å². The SMILES string of the molecule is CC1CCCN1C1C(N)C2CCCOC21. The van der Waals surface area contributed by atoms with Crippen molar-refractivity contribution in [3.63, 3.8) is 0 Å². The monoisotopic (exact) mass is 210 g/mol. The predicted molar refractivity (Wildman–Crippen MR) is 59.6 cm³/mol. The molecular formula is C12H22N2O. The highest BCUT2D eigenvalue weighted by Gasteiger charge is 2.54. The molecule has 5 atom stereocenters. The fourth-order valence-corrected chi connectivity index (χ4v) is 3.72. The molecule has 0 amide bonds. The molecule has 5 unspecified atom stereocenters. The maximum Gasteiger partial charge on any atom is 0.0788 e. The van der Waals surface area contributed by atoms with Crippen molar-refractivity contribution in [2.24, 2.45) is 11.7 Å². The first-order valence-corrected chi connectivity index (χ1v) is 6.42. The standard InChI is InChI=1S/C12H22N2O/c1-8-4-2-6-14(8)11-10(13)9-5-3-7-15-12(9)11/h8-12H,2-7,13H2,1H3. The molecule has 0 bridgehead atoms. The van der Waals surface area contributed by atoms with Gasteiger partial charge in [0.15, 0.2) is 0 Å². The van der Waals surface area contributed by atoms with Gasteiger partial charge in [-0.2, -0.15) is 0 Å². The van der Waals surface area contributed by atoms with Gasteiger partial charge in [-0.15, -0.1) is 0 Å². The average Bonchev–Trinajstić information content (AvgIpc) is 2.65. The van der Waals surface area contributed by atoms with Crippen LogP contribution in [0.25, 0.3) is 0 Å². The van der Waals surface area contributed by atoms with E-state index in [0.717, 1.165) is 6.61 Å². The Kier molecular flexibility index (Phi) is 2.49. The van der Waals surface area contributed by atoms with Gasteiger partial charge in [0.1, 0.15) is 0 Å². The van der Waals surface area contributed by atoms with Crippen molar-refractivity contribution >= 4 is 0 Å². The summed E-state index contributed by atoms with van der Waals surface area (Å²) < 4.78 is 5.90. The van der Waals surface area contributed by atoms with Crippen molar-refractivity contribution in [1.82, 2.24) is 4.90 Å². The van der Waals surface area contributed by atoms with Gasteiger partial charge in [0.25, 0.3) is 0 Å². The highest BCUT2D eigenvalue weighted by atomic mass is 16.5. The van der Waals surface area contributed by atoms with Crippen molar-refractivity contribution < 1.29 is 4.74 Å². The molecule has 0 aromatic heterocycles. The van der Waals surface area contributed by atoms with Crippen LogP contribution in [0.15, 0.2) is 0 Å². The van der Waals surface area contributed by atoms with E-state index in [1.165, 1.54) is 32.2 Å². The maximum atomic E-state index is 6.30. The van der Waals surface area contributed by atoms with Crippen molar-refractivity contribution in [1.29, 1.82) is 0 Å². The van der Waals surface area contributed by atoms with Crippen LogP contribution in [0.4, 0.5) is 0 Å². The molecule has 0 aromatic rings. The number of hydrogen-bond acceptors (Lipinski definition) is 3. The lowest BCUT2D eigenvalue weighted by Crippen LogP contribution is -2.72. The lowest BCUT2D eigenvalue weighted by Gasteiger charge is -2.56. The minimum absolute atomic E-state index is 0.371. The molecule has 1 aliphatic carbocycles. The van der Waals surface area contributed by atoms with Gasteiger partial charge in [-0.05, 0) is 39.2 Å². The van der Waals surface area contributed by atoms with Crippen LogP contribution in [-0.4, -0.2) is 42.3 Å². The molecule has 15 heavy (non-hydrogen) atoms. The summed E-state index contributed by atoms with van der Waals surface area (Å²) >= 11 is 0. The Labute approximate surface area is 91.9 Å². The van der Waals surface area contributed by atoms with Gasteiger partial charge in [0.2, 0.25) is 0 Å². The topological polar surface area (TPSA) is 38.5 Å². The summed E-state index contributed by atoms with van der Waals surface area (Å²) in [6.07, 6.45) is 5.61. The smallest absolute Gasteiger partial charge is 0.0788 e. The van der Waals surface area contributed by atoms with Crippen LogP contribution < -0.4 is 5.73 Å². The molecule has 0 radical (unpaired) electrons. The van der Waals surface area contributed by atoms with Gasteiger partial charge in [-0.25, -0.2) is 0 Å². The number of nitrogens with two attached hydrogens (primary N) is 1. The zero-order valence-electron chi connectivity index (χ0n) is 9.56. The second-order valence-corrected chi connectivity index (χ2v) is 5.44. The molecule has 3 heteroatoms. The number of fused-ring (bicyclic) bond motifs is 1. The molecule has 3 rings (SSSR count). The molecule has 86 valence electrons. The molecule has 1 saturated carbocycles. The molecular weight excluding hydrogens is 188 g/mol. The lowest BCUT2D eigenvalue weighted by molar-refractivity contribution is -0.156. The van der Waals surface area contributed by atoms with Crippen LogP contribution >= 0.6 is 0 Å². The minimum Gasteiger partial charge on any atom is -0.376 e. The third-order valence-electron chi connectivity index (χ3n) is 4.63. The third-order valence-corrected chi connectivity index (χ3v) is 4.63. The molecule has 2 saturated heterocycles. The number of hydrogen-bond donors (Lipinski definition) is 1. The normalized spacial score (nSPS) is 51.2. The van der Waals surface area contributed by atoms with E-state index in [9.17, 15) is 0 Å². The molecule has 3 fully saturated rings. The third kappa shape index (κ3) is 1.44. The van der Waals surface area contributed by atoms with Gasteiger partial charge in [0.05, 0.1) is 12.1 Å². The fraction of sp³-hybridized carbons (Fsp3) is 1.00. The van der Waals surface area contributed by atoms with E-state index in [1.807, 2.05) is 0 Å². The number of nitrogens with zero attached hydrogens (tertiary/aromatic N) is 1.